The molecular weight excluding hydrogens is 550 g/mol. The van der Waals surface area contributed by atoms with Crippen LogP contribution in [0.15, 0.2) is 54.6 Å². The standard InChI is InChI=1S/C33H39N3O7/c1-31(2,3)43-30(42)35-33-18-32(19-33,20-33)16-24(29(40)41)34-28(39)25-15-22-11-7-8-12-23(22)17-36(25)27(38)14-13-26(37)21-9-5-4-6-10-21/h4-12,24-25H,13-20H2,1-3H3,(H,34,39)(H,35,42)(H,40,41)/t24?,25-,32?,33?/m0/s1. The van der Waals surface area contributed by atoms with Gasteiger partial charge in [0, 0.05) is 36.9 Å². The third-order valence-electron chi connectivity index (χ3n) is 8.69. The van der Waals surface area contributed by atoms with E-state index in [-0.39, 0.29) is 54.9 Å². The number of carboxylic acid groups (broad SMARTS) is 1. The number of carbonyl (C=O) groups is 5. The molecule has 43 heavy (non-hydrogen) atoms. The van der Waals surface area contributed by atoms with Crippen LogP contribution in [-0.4, -0.2) is 62.9 Å². The van der Waals surface area contributed by atoms with Crippen LogP contribution < -0.4 is 10.6 Å². The van der Waals surface area contributed by atoms with Gasteiger partial charge in [-0.25, -0.2) is 9.59 Å². The maximum Gasteiger partial charge on any atom is 0.408 e. The van der Waals surface area contributed by atoms with Crippen LogP contribution in [0.5, 0.6) is 0 Å². The number of rotatable bonds is 10. The summed E-state index contributed by atoms with van der Waals surface area (Å²) >= 11 is 0. The van der Waals surface area contributed by atoms with Crippen molar-refractivity contribution in [3.05, 3.63) is 71.3 Å². The first-order valence-corrected chi connectivity index (χ1v) is 14.8. The van der Waals surface area contributed by atoms with Gasteiger partial charge < -0.3 is 25.4 Å². The van der Waals surface area contributed by atoms with Gasteiger partial charge >= 0.3 is 12.1 Å². The summed E-state index contributed by atoms with van der Waals surface area (Å²) in [4.78, 5) is 65.7. The van der Waals surface area contributed by atoms with Crippen molar-refractivity contribution < 1.29 is 33.8 Å². The molecular formula is C33H39N3O7. The van der Waals surface area contributed by atoms with Crippen molar-refractivity contribution in [2.45, 2.75) is 95.5 Å². The van der Waals surface area contributed by atoms with Gasteiger partial charge in [-0.3, -0.25) is 14.4 Å². The highest BCUT2D eigenvalue weighted by atomic mass is 16.6. The Labute approximate surface area is 251 Å². The number of nitrogens with one attached hydrogen (secondary N) is 2. The minimum Gasteiger partial charge on any atom is -0.480 e. The molecule has 228 valence electrons. The van der Waals surface area contributed by atoms with E-state index in [4.69, 9.17) is 4.74 Å². The molecule has 0 radical (unpaired) electrons. The summed E-state index contributed by atoms with van der Waals surface area (Å²) in [6.07, 6.45) is 1.81. The molecule has 4 aliphatic rings. The Hall–Kier alpha value is -4.21. The lowest BCUT2D eigenvalue weighted by Crippen LogP contribution is -2.76. The molecule has 3 fully saturated rings. The van der Waals surface area contributed by atoms with Crippen LogP contribution in [0.4, 0.5) is 4.79 Å². The van der Waals surface area contributed by atoms with Crippen LogP contribution in [0.1, 0.15) is 80.8 Å². The lowest BCUT2D eigenvalue weighted by atomic mass is 9.38. The molecule has 2 aromatic rings. The van der Waals surface area contributed by atoms with Gasteiger partial charge in [0.2, 0.25) is 11.8 Å². The SMILES string of the molecule is CC(C)(C)OC(=O)NC12CC(CC(NC(=O)[C@@H]3Cc4ccccc4CN3C(=O)CCC(=O)c3ccccc3)C(=O)O)(C1)C2. The number of ether oxygens (including phenoxy) is 1. The molecule has 10 nitrogen and oxygen atoms in total. The van der Waals surface area contributed by atoms with Gasteiger partial charge in [0.15, 0.2) is 5.78 Å². The summed E-state index contributed by atoms with van der Waals surface area (Å²) in [5.41, 5.74) is 1.08. The summed E-state index contributed by atoms with van der Waals surface area (Å²) in [5, 5.41) is 15.7. The highest BCUT2D eigenvalue weighted by molar-refractivity contribution is 5.98. The molecule has 3 aliphatic carbocycles. The third kappa shape index (κ3) is 6.73. The number of ketones is 1. The second-order valence-electron chi connectivity index (χ2n) is 13.3. The second-order valence-corrected chi connectivity index (χ2v) is 13.3. The number of fused-ring (bicyclic) bond motifs is 1. The lowest BCUT2D eigenvalue weighted by molar-refractivity contribution is -0.170. The summed E-state index contributed by atoms with van der Waals surface area (Å²) in [6.45, 7) is 5.58. The Morgan fingerprint density at radius 3 is 2.21 bits per heavy atom. The molecule has 2 atom stereocenters. The summed E-state index contributed by atoms with van der Waals surface area (Å²) < 4.78 is 5.36. The second kappa shape index (κ2) is 11.5. The van der Waals surface area contributed by atoms with Gasteiger partial charge in [0.1, 0.15) is 17.7 Å². The zero-order valence-electron chi connectivity index (χ0n) is 24.9. The maximum atomic E-state index is 13.6. The first kappa shape index (κ1) is 30.3. The molecule has 0 spiro atoms. The minimum absolute atomic E-state index is 0.00862. The average Bonchev–Trinajstić information content (AvgIpc) is 2.91. The summed E-state index contributed by atoms with van der Waals surface area (Å²) in [5.74, 6) is -2.16. The van der Waals surface area contributed by atoms with Gasteiger partial charge in [-0.1, -0.05) is 54.6 Å². The third-order valence-corrected chi connectivity index (χ3v) is 8.69. The van der Waals surface area contributed by atoms with Crippen LogP contribution in [-0.2, 0) is 32.1 Å². The van der Waals surface area contributed by atoms with Crippen LogP contribution >= 0.6 is 0 Å². The zero-order valence-corrected chi connectivity index (χ0v) is 24.9. The van der Waals surface area contributed by atoms with E-state index < -0.39 is 35.7 Å². The smallest absolute Gasteiger partial charge is 0.408 e. The van der Waals surface area contributed by atoms with Crippen molar-refractivity contribution in [1.82, 2.24) is 15.5 Å². The number of hydrogen-bond acceptors (Lipinski definition) is 6. The summed E-state index contributed by atoms with van der Waals surface area (Å²) in [6, 6.07) is 14.3. The first-order chi connectivity index (χ1) is 20.3. The predicted molar refractivity (Wildman–Crippen MR) is 157 cm³/mol. The fraction of sp³-hybridized carbons (Fsp3) is 0.485. The number of Topliss-reactive ketones (excluding diaryl/α,β-unsaturated/α-hetero) is 1. The molecule has 3 amide bonds. The monoisotopic (exact) mass is 589 g/mol. The Kier molecular flexibility index (Phi) is 8.07. The van der Waals surface area contributed by atoms with E-state index in [0.717, 1.165) is 11.1 Å². The van der Waals surface area contributed by atoms with Gasteiger partial charge in [-0.2, -0.15) is 0 Å². The van der Waals surface area contributed by atoms with E-state index in [9.17, 15) is 29.1 Å². The number of hydrogen-bond donors (Lipinski definition) is 3. The number of nitrogens with zero attached hydrogens (tertiary/aromatic N) is 1. The fourth-order valence-electron chi connectivity index (χ4n) is 6.92. The number of carbonyl (C=O) groups excluding carboxylic acids is 4. The van der Waals surface area contributed by atoms with E-state index in [2.05, 4.69) is 10.6 Å². The maximum absolute atomic E-state index is 13.6. The molecule has 6 rings (SSSR count). The van der Waals surface area contributed by atoms with E-state index in [1.165, 1.54) is 4.90 Å². The highest BCUT2D eigenvalue weighted by Crippen LogP contribution is 2.69. The molecule has 0 saturated heterocycles. The van der Waals surface area contributed by atoms with E-state index in [1.807, 2.05) is 30.3 Å². The van der Waals surface area contributed by atoms with Gasteiger partial charge in [0.25, 0.3) is 0 Å². The molecule has 2 bridgehead atoms. The summed E-state index contributed by atoms with van der Waals surface area (Å²) in [7, 11) is 0. The molecule has 1 unspecified atom stereocenters. The largest absolute Gasteiger partial charge is 0.480 e. The van der Waals surface area contributed by atoms with Crippen molar-refractivity contribution in [3.8, 4) is 0 Å². The fourth-order valence-corrected chi connectivity index (χ4v) is 6.92. The number of benzene rings is 2. The van der Waals surface area contributed by atoms with Crippen LogP contribution in [0.25, 0.3) is 0 Å². The van der Waals surface area contributed by atoms with Gasteiger partial charge in [-0.15, -0.1) is 0 Å². The molecule has 2 aromatic carbocycles. The minimum atomic E-state index is -1.14. The number of amides is 3. The zero-order chi connectivity index (χ0) is 31.0. The van der Waals surface area contributed by atoms with Crippen molar-refractivity contribution >= 4 is 29.7 Å². The Bertz CT molecular complexity index is 1410. The Morgan fingerprint density at radius 1 is 0.953 bits per heavy atom. The molecule has 1 heterocycles. The van der Waals surface area contributed by atoms with Crippen molar-refractivity contribution in [2.75, 3.05) is 0 Å². The quantitative estimate of drug-likeness (QED) is 0.356. The van der Waals surface area contributed by atoms with Crippen LogP contribution in [0.2, 0.25) is 0 Å². The predicted octanol–water partition coefficient (Wildman–Crippen LogP) is 4.01. The molecule has 3 N–H and O–H groups in total. The van der Waals surface area contributed by atoms with Crippen molar-refractivity contribution in [3.63, 3.8) is 0 Å². The van der Waals surface area contributed by atoms with E-state index in [0.29, 0.717) is 24.8 Å². The van der Waals surface area contributed by atoms with E-state index >= 15 is 0 Å². The molecule has 3 saturated carbocycles. The molecule has 10 heteroatoms. The van der Waals surface area contributed by atoms with Crippen LogP contribution in [0.3, 0.4) is 0 Å². The average molecular weight is 590 g/mol. The van der Waals surface area contributed by atoms with Crippen LogP contribution in [0, 0.1) is 5.41 Å². The lowest BCUT2D eigenvalue weighted by Gasteiger charge is -2.71. The van der Waals surface area contributed by atoms with Gasteiger partial charge in [-0.05, 0) is 63.0 Å². The molecule has 0 aromatic heterocycles. The Balaban J connectivity index is 1.22. The van der Waals surface area contributed by atoms with Crippen molar-refractivity contribution in [2.24, 2.45) is 5.41 Å². The van der Waals surface area contributed by atoms with E-state index in [1.54, 1.807) is 45.0 Å². The highest BCUT2D eigenvalue weighted by Gasteiger charge is 2.69. The number of aliphatic carboxylic acids is 1. The first-order valence-electron chi connectivity index (χ1n) is 14.8. The normalized spacial score (nSPS) is 24.3. The van der Waals surface area contributed by atoms with Crippen molar-refractivity contribution in [1.29, 1.82) is 0 Å². The molecule has 1 aliphatic heterocycles. The number of carboxylic acids is 1. The van der Waals surface area contributed by atoms with Gasteiger partial charge in [0.05, 0.1) is 0 Å². The number of alkyl carbamates (subject to hydrolysis) is 1. The Morgan fingerprint density at radius 2 is 1.58 bits per heavy atom. The topological polar surface area (TPSA) is 142 Å².